The highest BCUT2D eigenvalue weighted by molar-refractivity contribution is 5.69. The van der Waals surface area contributed by atoms with Crippen molar-refractivity contribution in [2.45, 2.75) is 66.0 Å². The molecule has 0 aliphatic heterocycles. The summed E-state index contributed by atoms with van der Waals surface area (Å²) < 4.78 is 16.8. The number of rotatable bonds is 8. The van der Waals surface area contributed by atoms with E-state index in [4.69, 9.17) is 14.2 Å². The maximum Gasteiger partial charge on any atom is 0.408 e. The van der Waals surface area contributed by atoms with E-state index in [9.17, 15) is 4.79 Å². The van der Waals surface area contributed by atoms with Crippen molar-refractivity contribution in [2.24, 2.45) is 5.92 Å². The molecule has 1 N–H and O–H groups in total. The molecule has 0 aliphatic carbocycles. The van der Waals surface area contributed by atoms with Gasteiger partial charge in [-0.1, -0.05) is 19.9 Å². The van der Waals surface area contributed by atoms with Crippen molar-refractivity contribution >= 4 is 6.09 Å². The maximum absolute atomic E-state index is 12.4. The Labute approximate surface area is 186 Å². The lowest BCUT2D eigenvalue weighted by Gasteiger charge is -2.33. The smallest absolute Gasteiger partial charge is 0.408 e. The van der Waals surface area contributed by atoms with Crippen LogP contribution in [0.2, 0.25) is 0 Å². The van der Waals surface area contributed by atoms with E-state index in [0.29, 0.717) is 18.4 Å². The molecule has 0 unspecified atom stereocenters. The summed E-state index contributed by atoms with van der Waals surface area (Å²) in [6, 6.07) is 9.90. The summed E-state index contributed by atoms with van der Waals surface area (Å²) >= 11 is 0. The predicted octanol–water partition coefficient (Wildman–Crippen LogP) is 5.77. The lowest BCUT2D eigenvalue weighted by Crippen LogP contribution is -2.52. The fourth-order valence-electron chi connectivity index (χ4n) is 3.53. The Morgan fingerprint density at radius 2 is 1.77 bits per heavy atom. The molecule has 0 radical (unpaired) electrons. The van der Waals surface area contributed by atoms with E-state index in [-0.39, 0.29) is 0 Å². The number of alkyl carbamates (subject to hydrolysis) is 1. The average molecular weight is 429 g/mol. The molecule has 1 aromatic carbocycles. The molecule has 1 heterocycles. The van der Waals surface area contributed by atoms with E-state index < -0.39 is 17.2 Å². The van der Waals surface area contributed by atoms with Crippen LogP contribution in [-0.2, 0) is 4.74 Å². The van der Waals surface area contributed by atoms with Crippen molar-refractivity contribution in [2.75, 3.05) is 13.7 Å². The molecule has 31 heavy (non-hydrogen) atoms. The number of amides is 1. The van der Waals surface area contributed by atoms with Crippen LogP contribution in [0.3, 0.4) is 0 Å². The lowest BCUT2D eigenvalue weighted by atomic mass is 9.91. The SMILES string of the molecule is COc1cc(-c2ccc(OC[C@](C)(CC(C)C)NC(=O)OC(C)(C)C)c(C)c2)ccn1. The van der Waals surface area contributed by atoms with Crippen LogP contribution in [0, 0.1) is 12.8 Å². The number of ether oxygens (including phenoxy) is 3. The summed E-state index contributed by atoms with van der Waals surface area (Å²) in [6.45, 7) is 14.1. The molecule has 0 spiro atoms. The minimum atomic E-state index is -0.555. The summed E-state index contributed by atoms with van der Waals surface area (Å²) in [5.74, 6) is 1.74. The Morgan fingerprint density at radius 1 is 1.10 bits per heavy atom. The zero-order valence-corrected chi connectivity index (χ0v) is 20.0. The van der Waals surface area contributed by atoms with Crippen LogP contribution in [0.5, 0.6) is 11.6 Å². The van der Waals surface area contributed by atoms with Gasteiger partial charge in [-0.25, -0.2) is 9.78 Å². The Bertz CT molecular complexity index is 889. The number of nitrogens with zero attached hydrogens (tertiary/aromatic N) is 1. The number of aromatic nitrogens is 1. The van der Waals surface area contributed by atoms with E-state index >= 15 is 0 Å². The maximum atomic E-state index is 12.4. The number of benzene rings is 1. The first-order chi connectivity index (χ1) is 14.4. The van der Waals surface area contributed by atoms with Gasteiger partial charge in [0, 0.05) is 12.3 Å². The van der Waals surface area contributed by atoms with Crippen LogP contribution in [0.15, 0.2) is 36.5 Å². The molecule has 1 aromatic heterocycles. The van der Waals surface area contributed by atoms with Gasteiger partial charge >= 0.3 is 6.09 Å². The quantitative estimate of drug-likeness (QED) is 0.578. The molecule has 0 fully saturated rings. The van der Waals surface area contributed by atoms with Gasteiger partial charge in [0.1, 0.15) is 18.0 Å². The second-order valence-corrected chi connectivity index (χ2v) is 9.64. The second-order valence-electron chi connectivity index (χ2n) is 9.64. The van der Waals surface area contributed by atoms with Crippen molar-refractivity contribution in [1.29, 1.82) is 0 Å². The number of hydrogen-bond donors (Lipinski definition) is 1. The third-order valence-electron chi connectivity index (χ3n) is 4.66. The van der Waals surface area contributed by atoms with E-state index in [2.05, 4.69) is 30.2 Å². The van der Waals surface area contributed by atoms with Crippen molar-refractivity contribution in [3.63, 3.8) is 0 Å². The molecule has 2 aromatic rings. The van der Waals surface area contributed by atoms with Gasteiger partial charge in [-0.05, 0) is 81.8 Å². The first kappa shape index (κ1) is 24.5. The number of pyridine rings is 1. The van der Waals surface area contributed by atoms with Gasteiger partial charge in [0.15, 0.2) is 0 Å². The highest BCUT2D eigenvalue weighted by atomic mass is 16.6. The fraction of sp³-hybridized carbons (Fsp3) is 0.520. The Morgan fingerprint density at radius 3 is 2.35 bits per heavy atom. The standard InChI is InChI=1S/C25H36N2O4/c1-17(2)15-25(7,27-23(28)31-24(4,5)6)16-30-21-10-9-19(13-18(21)3)20-11-12-26-22(14-20)29-8/h9-14,17H,15-16H2,1-8H3,(H,27,28)/t25-/m0/s1. The molecule has 1 amide bonds. The molecule has 1 atom stereocenters. The van der Waals surface area contributed by atoms with E-state index in [1.54, 1.807) is 13.3 Å². The first-order valence-electron chi connectivity index (χ1n) is 10.7. The van der Waals surface area contributed by atoms with Crippen LogP contribution < -0.4 is 14.8 Å². The largest absolute Gasteiger partial charge is 0.491 e. The van der Waals surface area contributed by atoms with Gasteiger partial charge in [-0.15, -0.1) is 0 Å². The first-order valence-corrected chi connectivity index (χ1v) is 10.7. The fourth-order valence-corrected chi connectivity index (χ4v) is 3.53. The average Bonchev–Trinajstić information content (AvgIpc) is 2.64. The van der Waals surface area contributed by atoms with Crippen molar-refractivity contribution in [3.8, 4) is 22.8 Å². The summed E-state index contributed by atoms with van der Waals surface area (Å²) in [6.07, 6.45) is 2.06. The lowest BCUT2D eigenvalue weighted by molar-refractivity contribution is 0.0408. The van der Waals surface area contributed by atoms with E-state index in [0.717, 1.165) is 28.9 Å². The van der Waals surface area contributed by atoms with Crippen LogP contribution in [-0.4, -0.2) is 35.9 Å². The molecule has 6 heteroatoms. The summed E-state index contributed by atoms with van der Waals surface area (Å²) in [4.78, 5) is 16.5. The Balaban J connectivity index is 2.14. The zero-order chi connectivity index (χ0) is 23.2. The number of carbonyl (C=O) groups is 1. The number of hydrogen-bond acceptors (Lipinski definition) is 5. The van der Waals surface area contributed by atoms with Crippen molar-refractivity contribution in [3.05, 3.63) is 42.1 Å². The Kier molecular flexibility index (Phi) is 7.93. The monoisotopic (exact) mass is 428 g/mol. The van der Waals surface area contributed by atoms with Gasteiger partial charge in [0.05, 0.1) is 12.6 Å². The number of carbonyl (C=O) groups excluding carboxylic acids is 1. The van der Waals surface area contributed by atoms with Crippen LogP contribution >= 0.6 is 0 Å². The summed E-state index contributed by atoms with van der Waals surface area (Å²) in [7, 11) is 1.60. The minimum Gasteiger partial charge on any atom is -0.491 e. The van der Waals surface area contributed by atoms with E-state index in [1.807, 2.05) is 58.9 Å². The van der Waals surface area contributed by atoms with Gasteiger partial charge in [0.25, 0.3) is 0 Å². The number of aryl methyl sites for hydroxylation is 1. The molecule has 0 aliphatic rings. The summed E-state index contributed by atoms with van der Waals surface area (Å²) in [5.41, 5.74) is 1.99. The normalized spacial score (nSPS) is 13.5. The second kappa shape index (κ2) is 10.0. The molecular formula is C25H36N2O4. The van der Waals surface area contributed by atoms with Crippen LogP contribution in [0.1, 0.15) is 53.5 Å². The van der Waals surface area contributed by atoms with Gasteiger partial charge in [0.2, 0.25) is 5.88 Å². The zero-order valence-electron chi connectivity index (χ0n) is 20.0. The topological polar surface area (TPSA) is 69.7 Å². The minimum absolute atomic E-state index is 0.341. The molecule has 0 saturated carbocycles. The predicted molar refractivity (Wildman–Crippen MR) is 124 cm³/mol. The van der Waals surface area contributed by atoms with E-state index in [1.165, 1.54) is 0 Å². The van der Waals surface area contributed by atoms with Gasteiger partial charge < -0.3 is 19.5 Å². The third-order valence-corrected chi connectivity index (χ3v) is 4.66. The molecule has 0 saturated heterocycles. The molecule has 6 nitrogen and oxygen atoms in total. The third kappa shape index (κ3) is 7.78. The molecule has 2 rings (SSSR count). The molecule has 170 valence electrons. The van der Waals surface area contributed by atoms with Gasteiger partial charge in [-0.3, -0.25) is 0 Å². The molecular weight excluding hydrogens is 392 g/mol. The Hall–Kier alpha value is -2.76. The highest BCUT2D eigenvalue weighted by Gasteiger charge is 2.31. The van der Waals surface area contributed by atoms with Crippen molar-refractivity contribution < 1.29 is 19.0 Å². The number of nitrogens with one attached hydrogen (secondary N) is 1. The van der Waals surface area contributed by atoms with Crippen molar-refractivity contribution in [1.82, 2.24) is 10.3 Å². The van der Waals surface area contributed by atoms with Crippen LogP contribution in [0.4, 0.5) is 4.79 Å². The van der Waals surface area contributed by atoms with Crippen LogP contribution in [0.25, 0.3) is 11.1 Å². The highest BCUT2D eigenvalue weighted by Crippen LogP contribution is 2.29. The summed E-state index contributed by atoms with van der Waals surface area (Å²) in [5, 5.41) is 3.01. The number of methoxy groups -OCH3 is 1. The van der Waals surface area contributed by atoms with Gasteiger partial charge in [-0.2, -0.15) is 0 Å². The molecule has 0 bridgehead atoms.